The summed E-state index contributed by atoms with van der Waals surface area (Å²) >= 11 is 0. The SMILES string of the molecule is COc1ccccc1C(C)NC(=O)c1ccc(C)c(S(=O)(=O)Nc2ccc(C)cc2C)c1. The summed E-state index contributed by atoms with van der Waals surface area (Å²) in [7, 11) is -2.30. The van der Waals surface area contributed by atoms with Gasteiger partial charge in [0.25, 0.3) is 15.9 Å². The molecule has 0 heterocycles. The highest BCUT2D eigenvalue weighted by molar-refractivity contribution is 7.92. The van der Waals surface area contributed by atoms with Gasteiger partial charge in [-0.3, -0.25) is 9.52 Å². The molecule has 3 aromatic carbocycles. The Morgan fingerprint density at radius 1 is 0.938 bits per heavy atom. The summed E-state index contributed by atoms with van der Waals surface area (Å²) in [6, 6.07) is 17.3. The topological polar surface area (TPSA) is 84.5 Å². The number of para-hydroxylation sites is 1. The number of carbonyl (C=O) groups excluding carboxylic acids is 1. The Morgan fingerprint density at radius 3 is 2.34 bits per heavy atom. The van der Waals surface area contributed by atoms with E-state index in [-0.39, 0.29) is 22.4 Å². The summed E-state index contributed by atoms with van der Waals surface area (Å²) in [6.45, 7) is 7.35. The standard InChI is InChI=1S/C25H28N2O4S/c1-16-10-13-22(18(3)14-16)27-32(29,30)24-15-20(12-11-17(24)2)25(28)26-19(4)21-8-6-7-9-23(21)31-5/h6-15,19,27H,1-5H3,(H,26,28). The molecular formula is C25H28N2O4S. The van der Waals surface area contributed by atoms with Crippen LogP contribution >= 0.6 is 0 Å². The van der Waals surface area contributed by atoms with E-state index in [0.29, 0.717) is 17.0 Å². The number of ether oxygens (including phenoxy) is 1. The Kier molecular flexibility index (Phi) is 6.89. The molecule has 7 heteroatoms. The van der Waals surface area contributed by atoms with Crippen molar-refractivity contribution in [2.24, 2.45) is 0 Å². The molecule has 0 fully saturated rings. The largest absolute Gasteiger partial charge is 0.496 e. The number of aryl methyl sites for hydroxylation is 3. The Morgan fingerprint density at radius 2 is 1.66 bits per heavy atom. The first-order valence-corrected chi connectivity index (χ1v) is 11.7. The van der Waals surface area contributed by atoms with Crippen LogP contribution in [0.2, 0.25) is 0 Å². The molecule has 32 heavy (non-hydrogen) atoms. The van der Waals surface area contributed by atoms with E-state index >= 15 is 0 Å². The van der Waals surface area contributed by atoms with E-state index in [1.807, 2.05) is 57.2 Å². The van der Waals surface area contributed by atoms with Gasteiger partial charge in [-0.2, -0.15) is 0 Å². The van der Waals surface area contributed by atoms with Crippen molar-refractivity contribution < 1.29 is 17.9 Å². The van der Waals surface area contributed by atoms with Gasteiger partial charge in [-0.25, -0.2) is 8.42 Å². The van der Waals surface area contributed by atoms with Gasteiger partial charge < -0.3 is 10.1 Å². The summed E-state index contributed by atoms with van der Waals surface area (Å²) in [5, 5.41) is 2.92. The van der Waals surface area contributed by atoms with Crippen molar-refractivity contribution in [3.63, 3.8) is 0 Å². The van der Waals surface area contributed by atoms with E-state index in [1.54, 1.807) is 32.2 Å². The van der Waals surface area contributed by atoms with Crippen LogP contribution in [0.25, 0.3) is 0 Å². The second-order valence-corrected chi connectivity index (χ2v) is 9.49. The summed E-state index contributed by atoms with van der Waals surface area (Å²) in [4.78, 5) is 13.0. The van der Waals surface area contributed by atoms with Crippen LogP contribution in [0.4, 0.5) is 5.69 Å². The third kappa shape index (κ3) is 5.11. The van der Waals surface area contributed by atoms with Crippen LogP contribution in [-0.4, -0.2) is 21.4 Å². The molecule has 168 valence electrons. The van der Waals surface area contributed by atoms with Crippen molar-refractivity contribution in [3.8, 4) is 5.75 Å². The fraction of sp³-hybridized carbons (Fsp3) is 0.240. The number of nitrogens with one attached hydrogen (secondary N) is 2. The van der Waals surface area contributed by atoms with Crippen LogP contribution < -0.4 is 14.8 Å². The van der Waals surface area contributed by atoms with Gasteiger partial charge in [0.2, 0.25) is 0 Å². The lowest BCUT2D eigenvalue weighted by Crippen LogP contribution is -2.27. The van der Waals surface area contributed by atoms with Gasteiger partial charge in [0, 0.05) is 11.1 Å². The number of methoxy groups -OCH3 is 1. The molecule has 3 rings (SSSR count). The van der Waals surface area contributed by atoms with Gasteiger partial charge in [0.15, 0.2) is 0 Å². The highest BCUT2D eigenvalue weighted by Gasteiger charge is 2.21. The highest BCUT2D eigenvalue weighted by Crippen LogP contribution is 2.26. The molecule has 0 aliphatic heterocycles. The van der Waals surface area contributed by atoms with Gasteiger partial charge in [-0.05, 0) is 63.1 Å². The maximum absolute atomic E-state index is 13.1. The molecule has 0 saturated heterocycles. The second kappa shape index (κ2) is 9.44. The number of carbonyl (C=O) groups is 1. The van der Waals surface area contributed by atoms with Gasteiger partial charge in [-0.15, -0.1) is 0 Å². The smallest absolute Gasteiger partial charge is 0.262 e. The molecule has 0 spiro atoms. The molecule has 0 bridgehead atoms. The van der Waals surface area contributed by atoms with Gasteiger partial charge in [0.1, 0.15) is 5.75 Å². The lowest BCUT2D eigenvalue weighted by molar-refractivity contribution is 0.0939. The first kappa shape index (κ1) is 23.3. The van der Waals surface area contributed by atoms with Crippen molar-refractivity contribution in [1.29, 1.82) is 0 Å². The van der Waals surface area contributed by atoms with E-state index in [9.17, 15) is 13.2 Å². The highest BCUT2D eigenvalue weighted by atomic mass is 32.2. The minimum Gasteiger partial charge on any atom is -0.496 e. The van der Waals surface area contributed by atoms with Crippen molar-refractivity contribution in [2.45, 2.75) is 38.6 Å². The molecule has 1 amide bonds. The first-order valence-electron chi connectivity index (χ1n) is 10.3. The molecule has 1 atom stereocenters. The van der Waals surface area contributed by atoms with Crippen LogP contribution in [-0.2, 0) is 10.0 Å². The fourth-order valence-corrected chi connectivity index (χ4v) is 4.94. The number of hydrogen-bond donors (Lipinski definition) is 2. The van der Waals surface area contributed by atoms with Crippen molar-refractivity contribution >= 4 is 21.6 Å². The molecule has 0 aromatic heterocycles. The molecule has 0 radical (unpaired) electrons. The number of benzene rings is 3. The Balaban J connectivity index is 1.86. The quantitative estimate of drug-likeness (QED) is 0.533. The van der Waals surface area contributed by atoms with Crippen LogP contribution in [0.1, 0.15) is 45.6 Å². The summed E-state index contributed by atoms with van der Waals surface area (Å²) < 4.78 is 34.2. The third-order valence-electron chi connectivity index (χ3n) is 5.32. The fourth-order valence-electron chi connectivity index (χ4n) is 3.54. The van der Waals surface area contributed by atoms with E-state index in [0.717, 1.165) is 16.7 Å². The van der Waals surface area contributed by atoms with Crippen LogP contribution in [0.15, 0.2) is 65.6 Å². The predicted octanol–water partition coefficient (Wildman–Crippen LogP) is 4.91. The van der Waals surface area contributed by atoms with E-state index in [4.69, 9.17) is 4.74 Å². The molecule has 0 saturated carbocycles. The minimum absolute atomic E-state index is 0.0649. The predicted molar refractivity (Wildman–Crippen MR) is 127 cm³/mol. The molecule has 2 N–H and O–H groups in total. The second-order valence-electron chi connectivity index (χ2n) is 7.84. The van der Waals surface area contributed by atoms with Crippen LogP contribution in [0.5, 0.6) is 5.75 Å². The average Bonchev–Trinajstić information content (AvgIpc) is 2.75. The number of amides is 1. The van der Waals surface area contributed by atoms with Crippen LogP contribution in [0.3, 0.4) is 0 Å². The van der Waals surface area contributed by atoms with Crippen molar-refractivity contribution in [1.82, 2.24) is 5.32 Å². The Hall–Kier alpha value is -3.32. The summed E-state index contributed by atoms with van der Waals surface area (Å²) in [5.41, 5.74) is 4.03. The molecule has 1 unspecified atom stereocenters. The van der Waals surface area contributed by atoms with Crippen molar-refractivity contribution in [2.75, 3.05) is 11.8 Å². The zero-order valence-electron chi connectivity index (χ0n) is 18.9. The summed E-state index contributed by atoms with van der Waals surface area (Å²) in [6.07, 6.45) is 0. The number of rotatable bonds is 7. The maximum atomic E-state index is 13.1. The van der Waals surface area contributed by atoms with Gasteiger partial charge in [0.05, 0.1) is 23.7 Å². The van der Waals surface area contributed by atoms with E-state index < -0.39 is 10.0 Å². The maximum Gasteiger partial charge on any atom is 0.262 e. The zero-order valence-corrected chi connectivity index (χ0v) is 19.7. The Labute approximate surface area is 189 Å². The lowest BCUT2D eigenvalue weighted by atomic mass is 10.1. The monoisotopic (exact) mass is 452 g/mol. The number of sulfonamides is 1. The normalized spacial score (nSPS) is 12.2. The van der Waals surface area contributed by atoms with Crippen molar-refractivity contribution in [3.05, 3.63) is 88.5 Å². The molecule has 3 aromatic rings. The Bertz CT molecular complexity index is 1250. The van der Waals surface area contributed by atoms with E-state index in [1.165, 1.54) is 6.07 Å². The molecular weight excluding hydrogens is 424 g/mol. The average molecular weight is 453 g/mol. The summed E-state index contributed by atoms with van der Waals surface area (Å²) in [5.74, 6) is 0.302. The number of hydrogen-bond acceptors (Lipinski definition) is 4. The molecule has 0 aliphatic carbocycles. The lowest BCUT2D eigenvalue weighted by Gasteiger charge is -2.18. The minimum atomic E-state index is -3.88. The first-order chi connectivity index (χ1) is 15.1. The zero-order chi connectivity index (χ0) is 23.5. The molecule has 6 nitrogen and oxygen atoms in total. The third-order valence-corrected chi connectivity index (χ3v) is 6.83. The van der Waals surface area contributed by atoms with Crippen LogP contribution in [0, 0.1) is 20.8 Å². The van der Waals surface area contributed by atoms with E-state index in [2.05, 4.69) is 10.0 Å². The number of anilines is 1. The van der Waals surface area contributed by atoms with Gasteiger partial charge in [-0.1, -0.05) is 42.0 Å². The molecule has 0 aliphatic rings. The van der Waals surface area contributed by atoms with Gasteiger partial charge >= 0.3 is 0 Å².